The molecule has 1 saturated heterocycles. The summed E-state index contributed by atoms with van der Waals surface area (Å²) in [5, 5.41) is 10.9. The molecule has 0 bridgehead atoms. The van der Waals surface area contributed by atoms with Crippen LogP contribution in [0.4, 0.5) is 5.69 Å². The zero-order chi connectivity index (χ0) is 17.0. The normalized spacial score (nSPS) is 15.0. The lowest BCUT2D eigenvalue weighted by Crippen LogP contribution is -2.38. The molecule has 2 N–H and O–H groups in total. The maximum Gasteiger partial charge on any atom is 0.286 e. The van der Waals surface area contributed by atoms with Crippen LogP contribution >= 0.6 is 0 Å². The molecular weight excluding hydrogens is 304 g/mol. The summed E-state index contributed by atoms with van der Waals surface area (Å²) in [4.78, 5) is 47.5. The molecule has 2 amide bonds. The van der Waals surface area contributed by atoms with Gasteiger partial charge in [0.1, 0.15) is 12.1 Å². The van der Waals surface area contributed by atoms with Crippen molar-refractivity contribution in [1.29, 1.82) is 0 Å². The molecule has 2 rings (SSSR count). The molecule has 9 nitrogen and oxygen atoms in total. The Balaban J connectivity index is 2.30. The first kappa shape index (κ1) is 16.7. The van der Waals surface area contributed by atoms with Crippen LogP contribution in [0.15, 0.2) is 17.1 Å². The molecule has 9 heteroatoms. The Morgan fingerprint density at radius 3 is 2.35 bits per heavy atom. The molecule has 0 radical (unpaired) electrons. The summed E-state index contributed by atoms with van der Waals surface area (Å²) < 4.78 is 0.880. The van der Waals surface area contributed by atoms with Crippen LogP contribution in [0.1, 0.15) is 36.0 Å². The summed E-state index contributed by atoms with van der Waals surface area (Å²) in [7, 11) is 0. The van der Waals surface area contributed by atoms with Crippen LogP contribution in [-0.2, 0) is 11.3 Å². The molecule has 23 heavy (non-hydrogen) atoms. The van der Waals surface area contributed by atoms with Gasteiger partial charge >= 0.3 is 0 Å². The molecule has 0 spiro atoms. The first-order valence-electron chi connectivity index (χ1n) is 7.36. The average molecular weight is 322 g/mol. The zero-order valence-corrected chi connectivity index (χ0v) is 12.6. The number of nitrogens with two attached hydrogens (primary N) is 1. The lowest BCUT2D eigenvalue weighted by molar-refractivity contribution is -0.385. The van der Waals surface area contributed by atoms with Gasteiger partial charge in [-0.1, -0.05) is 12.8 Å². The standard InChI is InChI=1S/C14H18N4O5/c15-13(20)11-7-10(18(22)23)8-17(14(11)21)9-12(19)16-5-3-1-2-4-6-16/h7-8H,1-6,9H2,(H2,15,20). The molecule has 1 fully saturated rings. The third-order valence-electron chi connectivity index (χ3n) is 3.81. The van der Waals surface area contributed by atoms with Crippen LogP contribution in [0, 0.1) is 10.1 Å². The Morgan fingerprint density at radius 2 is 1.83 bits per heavy atom. The Hall–Kier alpha value is -2.71. The van der Waals surface area contributed by atoms with Crippen molar-refractivity contribution >= 4 is 17.5 Å². The van der Waals surface area contributed by atoms with Crippen LogP contribution in [0.5, 0.6) is 0 Å². The van der Waals surface area contributed by atoms with Gasteiger partial charge in [-0.2, -0.15) is 0 Å². The van der Waals surface area contributed by atoms with E-state index in [1.165, 1.54) is 0 Å². The van der Waals surface area contributed by atoms with Crippen LogP contribution in [0.25, 0.3) is 0 Å². The number of likely N-dealkylation sites (tertiary alicyclic amines) is 1. The Labute approximate surface area is 131 Å². The highest BCUT2D eigenvalue weighted by molar-refractivity contribution is 5.93. The van der Waals surface area contributed by atoms with Crippen LogP contribution in [-0.4, -0.2) is 39.3 Å². The van der Waals surface area contributed by atoms with E-state index in [0.29, 0.717) is 13.1 Å². The molecule has 0 unspecified atom stereocenters. The first-order chi connectivity index (χ1) is 10.9. The molecular formula is C14H18N4O5. The predicted molar refractivity (Wildman–Crippen MR) is 80.9 cm³/mol. The van der Waals surface area contributed by atoms with Crippen LogP contribution in [0.2, 0.25) is 0 Å². The fourth-order valence-electron chi connectivity index (χ4n) is 2.58. The van der Waals surface area contributed by atoms with Gasteiger partial charge in [-0.3, -0.25) is 29.1 Å². The number of nitrogens with zero attached hydrogens (tertiary/aromatic N) is 3. The van der Waals surface area contributed by atoms with E-state index >= 15 is 0 Å². The van der Waals surface area contributed by atoms with Crippen molar-refractivity contribution in [3.63, 3.8) is 0 Å². The summed E-state index contributed by atoms with van der Waals surface area (Å²) in [5.41, 5.74) is 3.32. The van der Waals surface area contributed by atoms with Gasteiger partial charge in [-0.05, 0) is 12.8 Å². The second kappa shape index (κ2) is 7.03. The number of rotatable bonds is 4. The van der Waals surface area contributed by atoms with Crippen molar-refractivity contribution in [1.82, 2.24) is 9.47 Å². The number of pyridine rings is 1. The van der Waals surface area contributed by atoms with E-state index in [1.807, 2.05) is 0 Å². The molecule has 0 saturated carbocycles. The van der Waals surface area contributed by atoms with E-state index in [0.717, 1.165) is 42.5 Å². The number of primary amides is 1. The lowest BCUT2D eigenvalue weighted by Gasteiger charge is -2.20. The predicted octanol–water partition coefficient (Wildman–Crippen LogP) is 0.258. The highest BCUT2D eigenvalue weighted by Crippen LogP contribution is 2.12. The SMILES string of the molecule is NC(=O)c1cc([N+](=O)[O-])cn(CC(=O)N2CCCCCC2)c1=O. The third kappa shape index (κ3) is 3.93. The third-order valence-corrected chi connectivity index (χ3v) is 3.81. The topological polar surface area (TPSA) is 129 Å². The smallest absolute Gasteiger partial charge is 0.286 e. The quantitative estimate of drug-likeness (QED) is 0.628. The Kier molecular flexibility index (Phi) is 5.09. The van der Waals surface area contributed by atoms with Crippen molar-refractivity contribution in [3.05, 3.63) is 38.3 Å². The second-order valence-corrected chi connectivity index (χ2v) is 5.46. The first-order valence-corrected chi connectivity index (χ1v) is 7.36. The van der Waals surface area contributed by atoms with Gasteiger partial charge in [0.25, 0.3) is 17.2 Å². The molecule has 1 aliphatic rings. The number of carbonyl (C=O) groups is 2. The summed E-state index contributed by atoms with van der Waals surface area (Å²) >= 11 is 0. The monoisotopic (exact) mass is 322 g/mol. The number of nitro groups is 1. The van der Waals surface area contributed by atoms with Crippen LogP contribution < -0.4 is 11.3 Å². The van der Waals surface area contributed by atoms with Gasteiger partial charge in [0.15, 0.2) is 0 Å². The minimum Gasteiger partial charge on any atom is -0.365 e. The number of amides is 2. The van der Waals surface area contributed by atoms with Crippen LogP contribution in [0.3, 0.4) is 0 Å². The van der Waals surface area contributed by atoms with Crippen molar-refractivity contribution in [2.75, 3.05) is 13.1 Å². The largest absolute Gasteiger partial charge is 0.365 e. The average Bonchev–Trinajstić information content (AvgIpc) is 2.77. The molecule has 1 aromatic rings. The summed E-state index contributed by atoms with van der Waals surface area (Å²) in [6.45, 7) is 0.858. The lowest BCUT2D eigenvalue weighted by atomic mass is 10.2. The molecule has 1 aliphatic heterocycles. The Bertz CT molecular complexity index is 689. The van der Waals surface area contributed by atoms with Gasteiger partial charge < -0.3 is 10.6 Å². The number of hydrogen-bond donors (Lipinski definition) is 1. The van der Waals surface area contributed by atoms with Gasteiger partial charge in [0, 0.05) is 19.2 Å². The summed E-state index contributed by atoms with van der Waals surface area (Å²) in [6, 6.07) is 0.831. The van der Waals surface area contributed by atoms with Gasteiger partial charge in [-0.25, -0.2) is 0 Å². The molecule has 0 atom stereocenters. The van der Waals surface area contributed by atoms with E-state index in [2.05, 4.69) is 0 Å². The number of hydrogen-bond acceptors (Lipinski definition) is 5. The summed E-state index contributed by atoms with van der Waals surface area (Å²) in [6.07, 6.45) is 4.84. The van der Waals surface area contributed by atoms with E-state index in [1.54, 1.807) is 4.90 Å². The molecule has 124 valence electrons. The fraction of sp³-hybridized carbons (Fsp3) is 0.500. The maximum atomic E-state index is 12.3. The minimum absolute atomic E-state index is 0.301. The molecule has 0 aliphatic carbocycles. The van der Waals surface area contributed by atoms with E-state index in [-0.39, 0.29) is 12.5 Å². The van der Waals surface area contributed by atoms with Crippen molar-refractivity contribution in [2.24, 2.45) is 5.73 Å². The molecule has 2 heterocycles. The van der Waals surface area contributed by atoms with Gasteiger partial charge in [-0.15, -0.1) is 0 Å². The second-order valence-electron chi connectivity index (χ2n) is 5.46. The summed E-state index contributed by atoms with van der Waals surface area (Å²) in [5.74, 6) is -1.36. The molecule has 1 aromatic heterocycles. The maximum absolute atomic E-state index is 12.3. The number of carbonyl (C=O) groups excluding carboxylic acids is 2. The van der Waals surface area contributed by atoms with Gasteiger partial charge in [0.05, 0.1) is 11.1 Å². The van der Waals surface area contributed by atoms with E-state index < -0.39 is 27.6 Å². The number of aromatic nitrogens is 1. The van der Waals surface area contributed by atoms with E-state index in [4.69, 9.17) is 5.73 Å². The minimum atomic E-state index is -1.06. The van der Waals surface area contributed by atoms with Crippen molar-refractivity contribution in [3.8, 4) is 0 Å². The highest BCUT2D eigenvalue weighted by atomic mass is 16.6. The molecule has 0 aromatic carbocycles. The van der Waals surface area contributed by atoms with Crippen molar-refractivity contribution in [2.45, 2.75) is 32.2 Å². The van der Waals surface area contributed by atoms with E-state index in [9.17, 15) is 24.5 Å². The zero-order valence-electron chi connectivity index (χ0n) is 12.6. The fourth-order valence-corrected chi connectivity index (χ4v) is 2.58. The Morgan fingerprint density at radius 1 is 1.22 bits per heavy atom. The highest BCUT2D eigenvalue weighted by Gasteiger charge is 2.21. The van der Waals surface area contributed by atoms with Gasteiger partial charge in [0.2, 0.25) is 5.91 Å². The van der Waals surface area contributed by atoms with Crippen molar-refractivity contribution < 1.29 is 14.5 Å².